The minimum absolute atomic E-state index is 0.0205. The molecule has 102 valence electrons. The number of para-hydroxylation sites is 3. The molecule has 1 aliphatic heterocycles. The van der Waals surface area contributed by atoms with Gasteiger partial charge in [0.1, 0.15) is 5.75 Å². The van der Waals surface area contributed by atoms with Gasteiger partial charge < -0.3 is 15.3 Å². The van der Waals surface area contributed by atoms with E-state index in [4.69, 9.17) is 0 Å². The average Bonchev–Trinajstić information content (AvgIpc) is 2.69. The molecule has 0 fully saturated rings. The summed E-state index contributed by atoms with van der Waals surface area (Å²) in [4.78, 5) is 14.4. The van der Waals surface area contributed by atoms with Gasteiger partial charge in [-0.15, -0.1) is 0 Å². The molecule has 2 aromatic carbocycles. The first kappa shape index (κ1) is 12.5. The van der Waals surface area contributed by atoms with Crippen LogP contribution in [0.25, 0.3) is 0 Å². The first-order chi connectivity index (χ1) is 9.77. The van der Waals surface area contributed by atoms with E-state index in [-0.39, 0.29) is 11.7 Å². The molecule has 3 rings (SSSR count). The van der Waals surface area contributed by atoms with E-state index in [9.17, 15) is 9.90 Å². The highest BCUT2D eigenvalue weighted by Gasteiger charge is 2.23. The molecule has 4 heteroatoms. The number of aromatic hydroxyl groups is 1. The summed E-state index contributed by atoms with van der Waals surface area (Å²) < 4.78 is 0. The number of nitrogens with one attached hydrogen (secondary N) is 1. The third kappa shape index (κ3) is 2.20. The van der Waals surface area contributed by atoms with Gasteiger partial charge in [-0.2, -0.15) is 0 Å². The molecule has 0 saturated carbocycles. The van der Waals surface area contributed by atoms with E-state index in [2.05, 4.69) is 5.32 Å². The molecular formula is C16H16N2O2. The largest absolute Gasteiger partial charge is 0.507 e. The smallest absolute Gasteiger partial charge is 0.262 e. The van der Waals surface area contributed by atoms with Crippen LogP contribution in [0.5, 0.6) is 5.75 Å². The van der Waals surface area contributed by atoms with E-state index < -0.39 is 0 Å². The summed E-state index contributed by atoms with van der Waals surface area (Å²) in [5.41, 5.74) is 2.15. The third-order valence-electron chi connectivity index (χ3n) is 3.45. The van der Waals surface area contributed by atoms with Crippen LogP contribution in [0.2, 0.25) is 0 Å². The van der Waals surface area contributed by atoms with Crippen LogP contribution in [-0.2, 0) is 0 Å². The minimum atomic E-state index is -0.167. The summed E-state index contributed by atoms with van der Waals surface area (Å²) in [5, 5.41) is 13.2. The fraction of sp³-hybridized carbons (Fsp3) is 0.188. The fourth-order valence-electron chi connectivity index (χ4n) is 2.45. The molecule has 0 saturated heterocycles. The minimum Gasteiger partial charge on any atom is -0.507 e. The van der Waals surface area contributed by atoms with Gasteiger partial charge >= 0.3 is 0 Å². The summed E-state index contributed by atoms with van der Waals surface area (Å²) in [6.45, 7) is 1.47. The highest BCUT2D eigenvalue weighted by atomic mass is 16.3. The molecule has 2 N–H and O–H groups in total. The number of carbonyl (C=O) groups excluding carboxylic acids is 1. The predicted octanol–water partition coefficient (Wildman–Crippen LogP) is 2.85. The van der Waals surface area contributed by atoms with Crippen molar-refractivity contribution in [3.63, 3.8) is 0 Å². The summed E-state index contributed by atoms with van der Waals surface area (Å²) in [5.74, 6) is -0.147. The zero-order valence-electron chi connectivity index (χ0n) is 11.0. The maximum absolute atomic E-state index is 12.7. The van der Waals surface area contributed by atoms with E-state index in [0.29, 0.717) is 12.1 Å². The van der Waals surface area contributed by atoms with Crippen molar-refractivity contribution in [2.24, 2.45) is 0 Å². The molecule has 1 heterocycles. The Bertz CT molecular complexity index is 640. The zero-order chi connectivity index (χ0) is 13.9. The van der Waals surface area contributed by atoms with Gasteiger partial charge in [0, 0.05) is 13.1 Å². The highest BCUT2D eigenvalue weighted by molar-refractivity contribution is 6.09. The second-order valence-electron chi connectivity index (χ2n) is 4.77. The van der Waals surface area contributed by atoms with Crippen molar-refractivity contribution in [1.82, 2.24) is 0 Å². The Hall–Kier alpha value is -2.49. The van der Waals surface area contributed by atoms with Crippen LogP contribution in [0.4, 0.5) is 11.4 Å². The lowest BCUT2D eigenvalue weighted by Crippen LogP contribution is -2.31. The molecule has 0 spiro atoms. The molecule has 0 aromatic heterocycles. The van der Waals surface area contributed by atoms with Crippen LogP contribution >= 0.6 is 0 Å². The maximum atomic E-state index is 12.7. The Morgan fingerprint density at radius 1 is 1.10 bits per heavy atom. The number of hydrogen-bond donors (Lipinski definition) is 2. The van der Waals surface area contributed by atoms with E-state index >= 15 is 0 Å². The topological polar surface area (TPSA) is 52.6 Å². The van der Waals surface area contributed by atoms with Crippen molar-refractivity contribution >= 4 is 17.3 Å². The Morgan fingerprint density at radius 2 is 1.85 bits per heavy atom. The van der Waals surface area contributed by atoms with Gasteiger partial charge in [-0.1, -0.05) is 24.3 Å². The summed E-state index contributed by atoms with van der Waals surface area (Å²) in [6.07, 6.45) is 0.869. The highest BCUT2D eigenvalue weighted by Crippen LogP contribution is 2.30. The quantitative estimate of drug-likeness (QED) is 0.836. The number of nitrogens with zero attached hydrogens (tertiary/aromatic N) is 1. The van der Waals surface area contributed by atoms with Gasteiger partial charge in [-0.05, 0) is 30.7 Å². The lowest BCUT2D eigenvalue weighted by molar-refractivity contribution is 0.0984. The Labute approximate surface area is 117 Å². The van der Waals surface area contributed by atoms with Gasteiger partial charge in [0.2, 0.25) is 0 Å². The molecule has 2 aromatic rings. The standard InChI is InChI=1S/C16H16N2O2/c19-15-9-4-1-6-12(15)16(20)18-11-5-10-17-13-7-2-3-8-14(13)18/h1-4,6-9,17,19H,5,10-11H2. The van der Waals surface area contributed by atoms with E-state index in [1.807, 2.05) is 24.3 Å². The molecule has 20 heavy (non-hydrogen) atoms. The SMILES string of the molecule is O=C(c1ccccc1O)N1CCCNc2ccccc21. The van der Waals surface area contributed by atoms with Crippen molar-refractivity contribution in [3.8, 4) is 5.75 Å². The average molecular weight is 268 g/mol. The number of anilines is 2. The van der Waals surface area contributed by atoms with Crippen LogP contribution in [0.1, 0.15) is 16.8 Å². The number of rotatable bonds is 1. The third-order valence-corrected chi connectivity index (χ3v) is 3.45. The van der Waals surface area contributed by atoms with E-state index in [1.54, 1.807) is 23.1 Å². The van der Waals surface area contributed by atoms with Crippen LogP contribution in [0.3, 0.4) is 0 Å². The Kier molecular flexibility index (Phi) is 3.29. The predicted molar refractivity (Wildman–Crippen MR) is 79.3 cm³/mol. The van der Waals surface area contributed by atoms with Crippen molar-refractivity contribution in [2.45, 2.75) is 6.42 Å². The van der Waals surface area contributed by atoms with E-state index in [0.717, 1.165) is 24.3 Å². The second kappa shape index (κ2) is 5.25. The number of amides is 1. The summed E-state index contributed by atoms with van der Waals surface area (Å²) in [6, 6.07) is 14.4. The Morgan fingerprint density at radius 3 is 2.70 bits per heavy atom. The van der Waals surface area contributed by atoms with Gasteiger partial charge in [0.25, 0.3) is 5.91 Å². The number of carbonyl (C=O) groups is 1. The van der Waals surface area contributed by atoms with Gasteiger partial charge in [-0.25, -0.2) is 0 Å². The molecule has 0 aliphatic carbocycles. The summed E-state index contributed by atoms with van der Waals surface area (Å²) >= 11 is 0. The second-order valence-corrected chi connectivity index (χ2v) is 4.77. The molecule has 0 unspecified atom stereocenters. The fourth-order valence-corrected chi connectivity index (χ4v) is 2.45. The van der Waals surface area contributed by atoms with Crippen molar-refractivity contribution < 1.29 is 9.90 Å². The molecular weight excluding hydrogens is 252 g/mol. The molecule has 0 radical (unpaired) electrons. The molecule has 0 bridgehead atoms. The molecule has 0 atom stereocenters. The van der Waals surface area contributed by atoms with Gasteiger partial charge in [0.15, 0.2) is 0 Å². The number of phenols is 1. The van der Waals surface area contributed by atoms with Crippen molar-refractivity contribution in [1.29, 1.82) is 0 Å². The molecule has 1 aliphatic rings. The number of phenolic OH excluding ortho intramolecular Hbond substituents is 1. The lowest BCUT2D eigenvalue weighted by Gasteiger charge is -2.22. The van der Waals surface area contributed by atoms with Crippen molar-refractivity contribution in [2.75, 3.05) is 23.3 Å². The monoisotopic (exact) mass is 268 g/mol. The summed E-state index contributed by atoms with van der Waals surface area (Å²) in [7, 11) is 0. The van der Waals surface area contributed by atoms with Gasteiger partial charge in [0.05, 0.1) is 16.9 Å². The number of fused-ring (bicyclic) bond motifs is 1. The van der Waals surface area contributed by atoms with Gasteiger partial charge in [-0.3, -0.25) is 4.79 Å². The molecule has 1 amide bonds. The van der Waals surface area contributed by atoms with Crippen LogP contribution < -0.4 is 10.2 Å². The maximum Gasteiger partial charge on any atom is 0.262 e. The van der Waals surface area contributed by atoms with Crippen LogP contribution in [0.15, 0.2) is 48.5 Å². The Balaban J connectivity index is 2.02. The van der Waals surface area contributed by atoms with Crippen LogP contribution in [-0.4, -0.2) is 24.1 Å². The molecule has 4 nitrogen and oxygen atoms in total. The number of benzene rings is 2. The first-order valence-corrected chi connectivity index (χ1v) is 6.70. The normalized spacial score (nSPS) is 14.1. The van der Waals surface area contributed by atoms with Crippen molar-refractivity contribution in [3.05, 3.63) is 54.1 Å². The van der Waals surface area contributed by atoms with E-state index in [1.165, 1.54) is 6.07 Å². The van der Waals surface area contributed by atoms with Crippen LogP contribution in [0, 0.1) is 0 Å². The first-order valence-electron chi connectivity index (χ1n) is 6.70. The zero-order valence-corrected chi connectivity index (χ0v) is 11.0. The number of hydrogen-bond acceptors (Lipinski definition) is 3. The lowest BCUT2D eigenvalue weighted by atomic mass is 10.1.